The summed E-state index contributed by atoms with van der Waals surface area (Å²) in [6.07, 6.45) is -0.599. The molecule has 2 heterocycles. The van der Waals surface area contributed by atoms with Gasteiger partial charge < -0.3 is 14.9 Å². The van der Waals surface area contributed by atoms with Crippen molar-refractivity contribution in [1.29, 1.82) is 0 Å². The molecule has 41 heavy (non-hydrogen) atoms. The molecule has 3 aromatic carbocycles. The fourth-order valence-electron chi connectivity index (χ4n) is 4.54. The molecule has 0 atom stereocenters. The van der Waals surface area contributed by atoms with Crippen LogP contribution in [0.3, 0.4) is 0 Å². The van der Waals surface area contributed by atoms with Crippen molar-refractivity contribution in [3.8, 4) is 5.75 Å². The molecule has 0 aliphatic carbocycles. The molecular formula is C30H25N3O7S. The Bertz CT molecular complexity index is 1800. The second kappa shape index (κ2) is 11.7. The van der Waals surface area contributed by atoms with Gasteiger partial charge in [-0.15, -0.1) is 16.4 Å². The highest BCUT2D eigenvalue weighted by Crippen LogP contribution is 2.35. The van der Waals surface area contributed by atoms with Gasteiger partial charge in [0.15, 0.2) is 11.2 Å². The number of aryl methyl sites for hydroxylation is 1. The Hall–Kier alpha value is -4.90. The summed E-state index contributed by atoms with van der Waals surface area (Å²) in [6, 6.07) is 23.4. The zero-order valence-electron chi connectivity index (χ0n) is 21.7. The Morgan fingerprint density at radius 3 is 2.41 bits per heavy atom. The number of Topliss-reactive ketones (excluding diaryl/α,β-unsaturated/α-hetero) is 1. The molecule has 2 aromatic heterocycles. The van der Waals surface area contributed by atoms with Crippen LogP contribution in [0.15, 0.2) is 83.7 Å². The van der Waals surface area contributed by atoms with E-state index < -0.39 is 41.5 Å². The number of nitrogens with zero attached hydrogens (tertiary/aromatic N) is 3. The van der Waals surface area contributed by atoms with E-state index in [1.165, 1.54) is 0 Å². The minimum atomic E-state index is -2.47. The van der Waals surface area contributed by atoms with Gasteiger partial charge in [-0.3, -0.25) is 19.2 Å². The van der Waals surface area contributed by atoms with Crippen LogP contribution in [0.4, 0.5) is 0 Å². The summed E-state index contributed by atoms with van der Waals surface area (Å²) < 4.78 is 7.54. The lowest BCUT2D eigenvalue weighted by molar-refractivity contribution is -0.165. The number of ether oxygens (including phenoxy) is 1. The van der Waals surface area contributed by atoms with E-state index in [0.29, 0.717) is 17.9 Å². The number of hydrogen-bond donors (Lipinski definition) is 2. The Balaban J connectivity index is 1.32. The van der Waals surface area contributed by atoms with E-state index in [0.717, 1.165) is 38.1 Å². The van der Waals surface area contributed by atoms with Crippen molar-refractivity contribution in [2.75, 3.05) is 6.61 Å². The first-order valence-electron chi connectivity index (χ1n) is 12.8. The number of benzene rings is 3. The van der Waals surface area contributed by atoms with Crippen molar-refractivity contribution in [3.05, 3.63) is 99.7 Å². The van der Waals surface area contributed by atoms with Gasteiger partial charge in [-0.2, -0.15) is 0 Å². The molecule has 0 amide bonds. The number of aromatic nitrogens is 3. The van der Waals surface area contributed by atoms with E-state index in [1.54, 1.807) is 48.5 Å². The number of ketones is 1. The highest BCUT2D eigenvalue weighted by atomic mass is 32.1. The van der Waals surface area contributed by atoms with Crippen LogP contribution in [0, 0.1) is 5.41 Å². The molecule has 0 aliphatic rings. The summed E-state index contributed by atoms with van der Waals surface area (Å²) in [5.41, 5.74) is -1.49. The molecule has 0 aliphatic heterocycles. The van der Waals surface area contributed by atoms with Crippen LogP contribution in [0.5, 0.6) is 5.75 Å². The van der Waals surface area contributed by atoms with Crippen molar-refractivity contribution in [1.82, 2.24) is 15.0 Å². The number of fused-ring (bicyclic) bond motifs is 2. The van der Waals surface area contributed by atoms with E-state index in [-0.39, 0.29) is 16.8 Å². The molecule has 0 spiro atoms. The van der Waals surface area contributed by atoms with Gasteiger partial charge in [-0.1, -0.05) is 47.7 Å². The molecule has 5 aromatic rings. The topological polar surface area (TPSA) is 149 Å². The van der Waals surface area contributed by atoms with Crippen LogP contribution >= 0.6 is 11.3 Å². The fraction of sp³-hybridized carbons (Fsp3) is 0.200. The van der Waals surface area contributed by atoms with Crippen LogP contribution in [-0.4, -0.2) is 49.5 Å². The van der Waals surface area contributed by atoms with E-state index in [9.17, 15) is 29.4 Å². The standard InChI is InChI=1S/C30H25N3O7S/c34-24(26-16-20-10-11-21(17-25(20)41-26)40-15-12-19-6-2-1-3-7-19)18-30(28(36)37,29(38)39)13-14-33-27(35)22-8-4-5-9-23(22)31-32-33/h1-11,16-17H,12-15,18H2,(H,36,37)(H,38,39). The number of carbonyl (C=O) groups is 3. The molecule has 208 valence electrons. The second-order valence-electron chi connectivity index (χ2n) is 9.57. The number of rotatable bonds is 12. The van der Waals surface area contributed by atoms with Crippen LogP contribution < -0.4 is 10.3 Å². The summed E-state index contributed by atoms with van der Waals surface area (Å²) >= 11 is 1.14. The number of hydrogen-bond acceptors (Lipinski definition) is 8. The van der Waals surface area contributed by atoms with E-state index in [4.69, 9.17) is 4.74 Å². The summed E-state index contributed by atoms with van der Waals surface area (Å²) in [5.74, 6) is -3.34. The Morgan fingerprint density at radius 1 is 0.927 bits per heavy atom. The maximum Gasteiger partial charge on any atom is 0.321 e. The third-order valence-corrected chi connectivity index (χ3v) is 8.07. The van der Waals surface area contributed by atoms with Crippen molar-refractivity contribution >= 4 is 50.0 Å². The fourth-order valence-corrected chi connectivity index (χ4v) is 5.57. The van der Waals surface area contributed by atoms with Crippen LogP contribution in [0.2, 0.25) is 0 Å². The molecule has 0 fully saturated rings. The normalized spacial score (nSPS) is 11.5. The monoisotopic (exact) mass is 571 g/mol. The van der Waals surface area contributed by atoms with Crippen LogP contribution in [0.25, 0.3) is 21.0 Å². The van der Waals surface area contributed by atoms with Gasteiger partial charge in [0, 0.05) is 24.1 Å². The predicted octanol–water partition coefficient (Wildman–Crippen LogP) is 4.45. The lowest BCUT2D eigenvalue weighted by Gasteiger charge is -2.24. The zero-order chi connectivity index (χ0) is 29.0. The van der Waals surface area contributed by atoms with Gasteiger partial charge in [-0.05, 0) is 53.8 Å². The summed E-state index contributed by atoms with van der Waals surface area (Å²) in [5, 5.41) is 28.7. The minimum absolute atomic E-state index is 0.232. The zero-order valence-corrected chi connectivity index (χ0v) is 22.5. The maximum atomic E-state index is 13.3. The van der Waals surface area contributed by atoms with Crippen molar-refractivity contribution in [3.63, 3.8) is 0 Å². The average Bonchev–Trinajstić information content (AvgIpc) is 3.40. The number of carboxylic acid groups (broad SMARTS) is 2. The third-order valence-electron chi connectivity index (χ3n) is 6.93. The van der Waals surface area contributed by atoms with Gasteiger partial charge in [0.05, 0.1) is 16.9 Å². The smallest absolute Gasteiger partial charge is 0.321 e. The summed E-state index contributed by atoms with van der Waals surface area (Å²) in [7, 11) is 0. The molecule has 11 heteroatoms. The first-order chi connectivity index (χ1) is 19.8. The van der Waals surface area contributed by atoms with Gasteiger partial charge in [-0.25, -0.2) is 4.68 Å². The minimum Gasteiger partial charge on any atom is -0.493 e. The third kappa shape index (κ3) is 5.85. The Labute approximate surface area is 237 Å². The van der Waals surface area contributed by atoms with Gasteiger partial charge >= 0.3 is 11.9 Å². The Kier molecular flexibility index (Phi) is 7.88. The van der Waals surface area contributed by atoms with Crippen molar-refractivity contribution in [2.24, 2.45) is 5.41 Å². The molecule has 0 radical (unpaired) electrons. The lowest BCUT2D eigenvalue weighted by Crippen LogP contribution is -2.43. The molecule has 5 rings (SSSR count). The molecule has 0 bridgehead atoms. The second-order valence-corrected chi connectivity index (χ2v) is 10.7. The number of carboxylic acids is 2. The number of thiophene rings is 1. The highest BCUT2D eigenvalue weighted by molar-refractivity contribution is 7.20. The predicted molar refractivity (Wildman–Crippen MR) is 153 cm³/mol. The molecule has 0 unspecified atom stereocenters. The molecule has 0 saturated heterocycles. The first-order valence-corrected chi connectivity index (χ1v) is 13.6. The van der Waals surface area contributed by atoms with E-state index in [1.807, 2.05) is 30.3 Å². The highest BCUT2D eigenvalue weighted by Gasteiger charge is 2.48. The molecule has 0 saturated carbocycles. The quantitative estimate of drug-likeness (QED) is 0.164. The molecular weight excluding hydrogens is 546 g/mol. The van der Waals surface area contributed by atoms with E-state index >= 15 is 0 Å². The molecule has 10 nitrogen and oxygen atoms in total. The lowest BCUT2D eigenvalue weighted by atomic mass is 9.79. The summed E-state index contributed by atoms with van der Waals surface area (Å²) in [4.78, 5) is 50.9. The average molecular weight is 572 g/mol. The van der Waals surface area contributed by atoms with Crippen LogP contribution in [-0.2, 0) is 22.6 Å². The largest absolute Gasteiger partial charge is 0.493 e. The van der Waals surface area contributed by atoms with E-state index in [2.05, 4.69) is 10.3 Å². The SMILES string of the molecule is O=C(CC(CCn1nnc2ccccc2c1=O)(C(=O)O)C(=O)O)c1cc2ccc(OCCc3ccccc3)cc2s1. The first kappa shape index (κ1) is 27.7. The van der Waals surface area contributed by atoms with Crippen molar-refractivity contribution in [2.45, 2.75) is 25.8 Å². The van der Waals surface area contributed by atoms with Gasteiger partial charge in [0.25, 0.3) is 5.56 Å². The Morgan fingerprint density at radius 2 is 1.66 bits per heavy atom. The number of carbonyl (C=O) groups excluding carboxylic acids is 1. The van der Waals surface area contributed by atoms with Crippen LogP contribution in [0.1, 0.15) is 28.1 Å². The summed E-state index contributed by atoms with van der Waals surface area (Å²) in [6.45, 7) is 0.121. The van der Waals surface area contributed by atoms with Crippen molar-refractivity contribution < 1.29 is 29.3 Å². The van der Waals surface area contributed by atoms with Gasteiger partial charge in [0.2, 0.25) is 0 Å². The maximum absolute atomic E-state index is 13.3. The molecule has 2 N–H and O–H groups in total. The number of aliphatic carboxylic acids is 2. The van der Waals surface area contributed by atoms with Gasteiger partial charge in [0.1, 0.15) is 11.3 Å².